The van der Waals surface area contributed by atoms with E-state index < -0.39 is 70.7 Å². The Morgan fingerprint density at radius 3 is 1.90 bits per heavy atom. The average molecular weight is 495 g/mol. The van der Waals surface area contributed by atoms with Crippen molar-refractivity contribution in [2.45, 2.75) is 23.4 Å². The van der Waals surface area contributed by atoms with Gasteiger partial charge in [0.2, 0.25) is 0 Å². The first-order valence-corrected chi connectivity index (χ1v) is 9.12. The molecular formula is C13H13F8NO8S. The molecule has 1 fully saturated rings. The molecule has 1 saturated heterocycles. The van der Waals surface area contributed by atoms with E-state index in [0.717, 1.165) is 0 Å². The lowest BCUT2D eigenvalue weighted by Gasteiger charge is -2.38. The summed E-state index contributed by atoms with van der Waals surface area (Å²) in [4.78, 5) is 24.2. The van der Waals surface area contributed by atoms with Crippen molar-refractivity contribution in [3.63, 3.8) is 0 Å². The molecule has 18 heteroatoms. The third kappa shape index (κ3) is 6.01. The molecule has 180 valence electrons. The minimum absolute atomic E-state index is 0.214. The van der Waals surface area contributed by atoms with Crippen LogP contribution in [0, 0.1) is 0 Å². The number of rotatable bonds is 7. The first kappa shape index (κ1) is 27.0. The third-order valence-electron chi connectivity index (χ3n) is 3.60. The second kappa shape index (κ2) is 8.83. The van der Waals surface area contributed by atoms with Gasteiger partial charge in [0.05, 0.1) is 13.2 Å². The standard InChI is InChI=1S/C13H13F8NO8S/c1-7(12(16,17)18)8(23)30-11(13(19,20)21,9(24)22-2-4-28-5-3-22)29-6-10(14,15)31(25,26)27/h1-6H2,(H,25,26,27). The van der Waals surface area contributed by atoms with Crippen LogP contribution >= 0.6 is 0 Å². The smallest absolute Gasteiger partial charge is 0.412 e. The first-order chi connectivity index (χ1) is 13.8. The third-order valence-corrected chi connectivity index (χ3v) is 4.47. The molecule has 1 N–H and O–H groups in total. The van der Waals surface area contributed by atoms with Gasteiger partial charge in [-0.2, -0.15) is 43.5 Å². The number of carbonyl (C=O) groups is 2. The monoisotopic (exact) mass is 495 g/mol. The number of hydrogen-bond acceptors (Lipinski definition) is 7. The van der Waals surface area contributed by atoms with Crippen LogP contribution in [0.1, 0.15) is 0 Å². The Balaban J connectivity index is 3.49. The Kier molecular flexibility index (Phi) is 7.69. The number of ether oxygens (including phenoxy) is 3. The summed E-state index contributed by atoms with van der Waals surface area (Å²) in [6, 6.07) is 0. The number of halogens is 8. The van der Waals surface area contributed by atoms with Crippen LogP contribution in [0.3, 0.4) is 0 Å². The lowest BCUT2D eigenvalue weighted by atomic mass is 10.2. The minimum Gasteiger partial charge on any atom is -0.412 e. The van der Waals surface area contributed by atoms with E-state index in [9.17, 15) is 53.1 Å². The Hall–Kier alpha value is -2.05. The number of amides is 1. The number of morpholine rings is 1. The summed E-state index contributed by atoms with van der Waals surface area (Å²) in [5, 5.41) is -5.47. The van der Waals surface area contributed by atoms with Crippen LogP contribution in [0.15, 0.2) is 12.2 Å². The number of esters is 1. The van der Waals surface area contributed by atoms with Crippen LogP contribution in [0.4, 0.5) is 35.1 Å². The van der Waals surface area contributed by atoms with Gasteiger partial charge in [-0.1, -0.05) is 6.58 Å². The highest BCUT2D eigenvalue weighted by Crippen LogP contribution is 2.40. The summed E-state index contributed by atoms with van der Waals surface area (Å²) in [7, 11) is -6.40. The van der Waals surface area contributed by atoms with Gasteiger partial charge in [0.25, 0.3) is 0 Å². The van der Waals surface area contributed by atoms with E-state index in [4.69, 9.17) is 9.29 Å². The largest absolute Gasteiger partial charge is 0.466 e. The van der Waals surface area contributed by atoms with Crippen molar-refractivity contribution in [1.29, 1.82) is 0 Å². The van der Waals surface area contributed by atoms with E-state index in [0.29, 0.717) is 0 Å². The molecule has 0 saturated carbocycles. The Bertz CT molecular complexity index is 818. The number of nitrogens with zero attached hydrogens (tertiary/aromatic N) is 1. The predicted molar refractivity (Wildman–Crippen MR) is 79.9 cm³/mol. The summed E-state index contributed by atoms with van der Waals surface area (Å²) >= 11 is 0. The van der Waals surface area contributed by atoms with E-state index in [1.165, 1.54) is 0 Å². The van der Waals surface area contributed by atoms with Crippen LogP contribution in [0.5, 0.6) is 0 Å². The molecule has 1 atom stereocenters. The second-order valence-corrected chi connectivity index (χ2v) is 7.33. The molecule has 0 aromatic rings. The minimum atomic E-state index is -6.40. The van der Waals surface area contributed by atoms with Crippen LogP contribution in [0.2, 0.25) is 0 Å². The average Bonchev–Trinajstić information content (AvgIpc) is 2.61. The van der Waals surface area contributed by atoms with E-state index in [-0.39, 0.29) is 18.1 Å². The van der Waals surface area contributed by atoms with E-state index in [1.807, 2.05) is 0 Å². The highest BCUT2D eigenvalue weighted by Gasteiger charge is 2.69. The zero-order valence-electron chi connectivity index (χ0n) is 14.9. The second-order valence-electron chi connectivity index (χ2n) is 5.79. The van der Waals surface area contributed by atoms with Crippen molar-refractivity contribution in [2.75, 3.05) is 32.9 Å². The Labute approximate surface area is 168 Å². The number of carbonyl (C=O) groups excluding carboxylic acids is 2. The molecule has 0 aromatic carbocycles. The molecule has 0 bridgehead atoms. The summed E-state index contributed by atoms with van der Waals surface area (Å²) in [6.07, 6.45) is -11.9. The van der Waals surface area contributed by atoms with E-state index in [2.05, 4.69) is 16.1 Å². The zero-order chi connectivity index (χ0) is 24.5. The number of hydrogen-bond donors (Lipinski definition) is 1. The van der Waals surface area contributed by atoms with E-state index >= 15 is 0 Å². The fourth-order valence-electron chi connectivity index (χ4n) is 1.94. The fourth-order valence-corrected chi connectivity index (χ4v) is 2.15. The molecule has 0 aromatic heterocycles. The van der Waals surface area contributed by atoms with Crippen LogP contribution in [-0.4, -0.2) is 86.1 Å². The molecule has 1 heterocycles. The van der Waals surface area contributed by atoms with Crippen LogP contribution < -0.4 is 0 Å². The fraction of sp³-hybridized carbons (Fsp3) is 0.692. The molecule has 1 aliphatic heterocycles. The maximum atomic E-state index is 13.7. The van der Waals surface area contributed by atoms with Gasteiger partial charge in [-0.25, -0.2) is 4.79 Å². The normalized spacial score (nSPS) is 18.3. The molecule has 1 amide bonds. The summed E-state index contributed by atoms with van der Waals surface area (Å²) in [5.41, 5.74) is -2.55. The van der Waals surface area contributed by atoms with Crippen molar-refractivity contribution in [3.05, 3.63) is 12.2 Å². The molecule has 1 unspecified atom stereocenters. The van der Waals surface area contributed by atoms with Gasteiger partial charge in [-0.3, -0.25) is 9.35 Å². The molecule has 9 nitrogen and oxygen atoms in total. The summed E-state index contributed by atoms with van der Waals surface area (Å²) in [5.74, 6) is -10.5. The lowest BCUT2D eigenvalue weighted by molar-refractivity contribution is -0.357. The summed E-state index contributed by atoms with van der Waals surface area (Å²) in [6.45, 7) is -2.83. The summed E-state index contributed by atoms with van der Waals surface area (Å²) < 4.78 is 147. The van der Waals surface area contributed by atoms with Gasteiger partial charge >= 0.3 is 45.4 Å². The van der Waals surface area contributed by atoms with Gasteiger partial charge in [0.15, 0.2) is 0 Å². The van der Waals surface area contributed by atoms with Gasteiger partial charge < -0.3 is 19.1 Å². The molecule has 0 spiro atoms. The molecular weight excluding hydrogens is 482 g/mol. The van der Waals surface area contributed by atoms with Crippen LogP contribution in [-0.2, 0) is 33.9 Å². The Morgan fingerprint density at radius 1 is 1.03 bits per heavy atom. The zero-order valence-corrected chi connectivity index (χ0v) is 15.7. The quantitative estimate of drug-likeness (QED) is 0.184. The van der Waals surface area contributed by atoms with E-state index in [1.54, 1.807) is 0 Å². The first-order valence-electron chi connectivity index (χ1n) is 7.68. The molecule has 1 rings (SSSR count). The van der Waals surface area contributed by atoms with Gasteiger partial charge in [0, 0.05) is 13.1 Å². The molecule has 31 heavy (non-hydrogen) atoms. The van der Waals surface area contributed by atoms with Gasteiger partial charge in [-0.05, 0) is 0 Å². The van der Waals surface area contributed by atoms with Crippen molar-refractivity contribution < 1.29 is 71.9 Å². The van der Waals surface area contributed by atoms with Crippen molar-refractivity contribution in [1.82, 2.24) is 4.90 Å². The molecule has 1 aliphatic rings. The maximum Gasteiger partial charge on any atom is 0.466 e. The highest BCUT2D eigenvalue weighted by atomic mass is 32.2. The predicted octanol–water partition coefficient (Wildman–Crippen LogP) is 1.26. The number of alkyl halides is 8. The Morgan fingerprint density at radius 2 is 1.52 bits per heavy atom. The SMILES string of the molecule is C=C(C(=O)OC(OCC(F)(F)S(=O)(=O)O)(C(=O)N1CCOCC1)C(F)(F)F)C(F)(F)F. The maximum absolute atomic E-state index is 13.7. The molecule has 0 aliphatic carbocycles. The lowest BCUT2D eigenvalue weighted by Crippen LogP contribution is -2.64. The van der Waals surface area contributed by atoms with Crippen molar-refractivity contribution >= 4 is 22.0 Å². The van der Waals surface area contributed by atoms with Crippen molar-refractivity contribution in [3.8, 4) is 0 Å². The van der Waals surface area contributed by atoms with Gasteiger partial charge in [-0.15, -0.1) is 0 Å². The topological polar surface area (TPSA) is 119 Å². The van der Waals surface area contributed by atoms with Crippen molar-refractivity contribution in [2.24, 2.45) is 0 Å². The van der Waals surface area contributed by atoms with Crippen LogP contribution in [0.25, 0.3) is 0 Å². The highest BCUT2D eigenvalue weighted by molar-refractivity contribution is 7.86. The van der Waals surface area contributed by atoms with Gasteiger partial charge in [0.1, 0.15) is 12.2 Å². The molecule has 0 radical (unpaired) electrons.